The molecule has 0 heterocycles. The third kappa shape index (κ3) is 5.65. The van der Waals surface area contributed by atoms with Crippen LogP contribution >= 0.6 is 0 Å². The molecule has 0 fully saturated rings. The number of carbonyl (C=O) groups excluding carboxylic acids is 2. The normalized spacial score (nSPS) is 10.3. The molecule has 9 heteroatoms. The Bertz CT molecular complexity index is 1190. The van der Waals surface area contributed by atoms with E-state index in [9.17, 15) is 19.7 Å². The third-order valence-corrected chi connectivity index (χ3v) is 4.79. The average Bonchev–Trinajstić information content (AvgIpc) is 2.81. The summed E-state index contributed by atoms with van der Waals surface area (Å²) in [5.41, 5.74) is 1.23. The van der Waals surface area contributed by atoms with Gasteiger partial charge in [0.05, 0.1) is 17.6 Å². The van der Waals surface area contributed by atoms with E-state index in [1.165, 1.54) is 19.2 Å². The number of amides is 2. The molecule has 2 amide bonds. The number of nitrogens with zero attached hydrogens (tertiary/aromatic N) is 1. The zero-order valence-corrected chi connectivity index (χ0v) is 18.4. The molecule has 0 saturated carbocycles. The molecule has 0 spiro atoms. The Morgan fingerprint density at radius 2 is 1.67 bits per heavy atom. The van der Waals surface area contributed by atoms with Crippen LogP contribution in [0, 0.1) is 17.0 Å². The highest BCUT2D eigenvalue weighted by Gasteiger charge is 2.20. The van der Waals surface area contributed by atoms with Gasteiger partial charge in [0, 0.05) is 29.9 Å². The van der Waals surface area contributed by atoms with E-state index in [1.54, 1.807) is 56.3 Å². The fraction of sp³-hybridized carbons (Fsp3) is 0.167. The van der Waals surface area contributed by atoms with E-state index in [-0.39, 0.29) is 22.9 Å². The molecule has 0 radical (unpaired) electrons. The maximum Gasteiger partial charge on any atom is 0.270 e. The van der Waals surface area contributed by atoms with Crippen LogP contribution in [-0.2, 0) is 0 Å². The number of ether oxygens (including phenoxy) is 2. The number of anilines is 1. The molecule has 0 atom stereocenters. The lowest BCUT2D eigenvalue weighted by Gasteiger charge is -2.14. The molecule has 3 rings (SSSR count). The molecule has 3 aromatic carbocycles. The number of hydrogen-bond donors (Lipinski definition) is 2. The summed E-state index contributed by atoms with van der Waals surface area (Å²) in [7, 11) is 1.54. The van der Waals surface area contributed by atoms with Crippen molar-refractivity contribution >= 4 is 23.2 Å². The topological polar surface area (TPSA) is 120 Å². The molecule has 0 bridgehead atoms. The van der Waals surface area contributed by atoms with Gasteiger partial charge in [0.25, 0.3) is 17.5 Å². The summed E-state index contributed by atoms with van der Waals surface area (Å²) in [4.78, 5) is 36.0. The van der Waals surface area contributed by atoms with Gasteiger partial charge in [-0.25, -0.2) is 0 Å². The molecule has 2 N–H and O–H groups in total. The summed E-state index contributed by atoms with van der Waals surface area (Å²) in [6.45, 7) is 4.05. The fourth-order valence-electron chi connectivity index (χ4n) is 3.02. The first-order valence-corrected chi connectivity index (χ1v) is 10.1. The molecule has 0 saturated heterocycles. The molecule has 0 unspecified atom stereocenters. The largest absolute Gasteiger partial charge is 0.497 e. The van der Waals surface area contributed by atoms with Gasteiger partial charge in [0.2, 0.25) is 0 Å². The van der Waals surface area contributed by atoms with E-state index in [0.717, 1.165) is 11.6 Å². The van der Waals surface area contributed by atoms with Crippen molar-refractivity contribution in [3.63, 3.8) is 0 Å². The summed E-state index contributed by atoms with van der Waals surface area (Å²) in [6.07, 6.45) is 0. The predicted octanol–water partition coefficient (Wildman–Crippen LogP) is 4.71. The second-order valence-corrected chi connectivity index (χ2v) is 7.06. The Balaban J connectivity index is 1.94. The summed E-state index contributed by atoms with van der Waals surface area (Å²) in [5.74, 6) is 0.311. The summed E-state index contributed by atoms with van der Waals surface area (Å²) >= 11 is 0. The molecule has 0 aliphatic heterocycles. The van der Waals surface area contributed by atoms with Gasteiger partial charge in [-0.1, -0.05) is 6.07 Å². The van der Waals surface area contributed by atoms with Crippen LogP contribution in [0.25, 0.3) is 0 Å². The van der Waals surface area contributed by atoms with Crippen molar-refractivity contribution in [3.05, 3.63) is 87.5 Å². The quantitative estimate of drug-likeness (QED) is 0.380. The SMILES string of the molecule is CCNC(=O)c1ccc(C)c(NC(=O)c2cc([N+](=O)[O-])ccc2Oc2ccc(OC)cc2)c1. The van der Waals surface area contributed by atoms with Gasteiger partial charge >= 0.3 is 0 Å². The molecular weight excluding hydrogens is 426 g/mol. The smallest absolute Gasteiger partial charge is 0.270 e. The lowest BCUT2D eigenvalue weighted by atomic mass is 10.1. The van der Waals surface area contributed by atoms with Gasteiger partial charge in [-0.3, -0.25) is 19.7 Å². The standard InChI is InChI=1S/C24H23N3O6/c1-4-25-23(28)16-6-5-15(2)21(13-16)26-24(29)20-14-17(27(30)31)7-12-22(20)33-19-10-8-18(32-3)9-11-19/h5-14H,4H2,1-3H3,(H,25,28)(H,26,29). The number of rotatable bonds is 8. The fourth-order valence-corrected chi connectivity index (χ4v) is 3.02. The molecule has 0 aliphatic rings. The maximum absolute atomic E-state index is 13.1. The van der Waals surface area contributed by atoms with E-state index >= 15 is 0 Å². The highest BCUT2D eigenvalue weighted by atomic mass is 16.6. The Hall–Kier alpha value is -4.40. The average molecular weight is 449 g/mol. The zero-order chi connectivity index (χ0) is 24.0. The van der Waals surface area contributed by atoms with Crippen LogP contribution in [0.1, 0.15) is 33.2 Å². The van der Waals surface area contributed by atoms with Crippen molar-refractivity contribution in [2.75, 3.05) is 19.0 Å². The molecule has 0 aliphatic carbocycles. The van der Waals surface area contributed by atoms with Gasteiger partial charge in [-0.15, -0.1) is 0 Å². The summed E-state index contributed by atoms with van der Waals surface area (Å²) in [6, 6.07) is 15.4. The van der Waals surface area contributed by atoms with E-state index < -0.39 is 10.8 Å². The molecule has 9 nitrogen and oxygen atoms in total. The summed E-state index contributed by atoms with van der Waals surface area (Å²) in [5, 5.41) is 16.7. The minimum absolute atomic E-state index is 0.0252. The van der Waals surface area contributed by atoms with Crippen LogP contribution in [-0.4, -0.2) is 30.4 Å². The van der Waals surface area contributed by atoms with Crippen molar-refractivity contribution in [2.24, 2.45) is 0 Å². The highest BCUT2D eigenvalue weighted by Crippen LogP contribution is 2.31. The number of benzene rings is 3. The van der Waals surface area contributed by atoms with Crippen molar-refractivity contribution in [1.82, 2.24) is 5.32 Å². The molecule has 3 aromatic rings. The van der Waals surface area contributed by atoms with Crippen molar-refractivity contribution in [1.29, 1.82) is 0 Å². The minimum atomic E-state index is -0.613. The molecule has 0 aromatic heterocycles. The van der Waals surface area contributed by atoms with E-state index in [0.29, 0.717) is 29.3 Å². The second-order valence-electron chi connectivity index (χ2n) is 7.06. The first kappa shape index (κ1) is 23.3. The number of nitro benzene ring substituents is 1. The van der Waals surface area contributed by atoms with E-state index in [1.807, 2.05) is 0 Å². The minimum Gasteiger partial charge on any atom is -0.497 e. The third-order valence-electron chi connectivity index (χ3n) is 4.79. The number of methoxy groups -OCH3 is 1. The van der Waals surface area contributed by atoms with Gasteiger partial charge < -0.3 is 20.1 Å². The molecule has 33 heavy (non-hydrogen) atoms. The Kier molecular flexibility index (Phi) is 7.24. The maximum atomic E-state index is 13.1. The van der Waals surface area contributed by atoms with E-state index in [4.69, 9.17) is 9.47 Å². The van der Waals surface area contributed by atoms with Crippen LogP contribution in [0.2, 0.25) is 0 Å². The van der Waals surface area contributed by atoms with Crippen LogP contribution in [0.5, 0.6) is 17.2 Å². The number of nitro groups is 1. The molecular formula is C24H23N3O6. The van der Waals surface area contributed by atoms with Crippen molar-refractivity contribution in [3.8, 4) is 17.2 Å². The Morgan fingerprint density at radius 1 is 0.970 bits per heavy atom. The Labute approximate surface area is 190 Å². The number of carbonyl (C=O) groups is 2. The van der Waals surface area contributed by atoms with Gasteiger partial charge in [0.1, 0.15) is 17.2 Å². The Morgan fingerprint density at radius 3 is 2.30 bits per heavy atom. The monoisotopic (exact) mass is 449 g/mol. The first-order valence-electron chi connectivity index (χ1n) is 10.1. The van der Waals surface area contributed by atoms with Gasteiger partial charge in [-0.2, -0.15) is 0 Å². The first-order chi connectivity index (χ1) is 15.8. The summed E-state index contributed by atoms with van der Waals surface area (Å²) < 4.78 is 10.9. The number of hydrogen-bond acceptors (Lipinski definition) is 6. The van der Waals surface area contributed by atoms with Crippen LogP contribution in [0.4, 0.5) is 11.4 Å². The van der Waals surface area contributed by atoms with Crippen molar-refractivity contribution < 1.29 is 24.0 Å². The van der Waals surface area contributed by atoms with Crippen LogP contribution in [0.3, 0.4) is 0 Å². The lowest BCUT2D eigenvalue weighted by molar-refractivity contribution is -0.384. The number of non-ortho nitro benzene ring substituents is 1. The van der Waals surface area contributed by atoms with Crippen molar-refractivity contribution in [2.45, 2.75) is 13.8 Å². The predicted molar refractivity (Wildman–Crippen MR) is 123 cm³/mol. The lowest BCUT2D eigenvalue weighted by Crippen LogP contribution is -2.23. The highest BCUT2D eigenvalue weighted by molar-refractivity contribution is 6.07. The van der Waals surface area contributed by atoms with Gasteiger partial charge in [0.15, 0.2) is 0 Å². The number of aryl methyl sites for hydroxylation is 1. The zero-order valence-electron chi connectivity index (χ0n) is 18.4. The van der Waals surface area contributed by atoms with E-state index in [2.05, 4.69) is 10.6 Å². The second kappa shape index (κ2) is 10.3. The van der Waals surface area contributed by atoms with Gasteiger partial charge in [-0.05, 0) is 61.9 Å². The number of nitrogens with one attached hydrogen (secondary N) is 2. The van der Waals surface area contributed by atoms with Crippen LogP contribution < -0.4 is 20.1 Å². The van der Waals surface area contributed by atoms with Crippen LogP contribution in [0.15, 0.2) is 60.7 Å². The molecule has 170 valence electrons.